The number of nitro groups is 1. The molecule has 29 heavy (non-hydrogen) atoms. The zero-order valence-electron chi connectivity index (χ0n) is 13.6. The van der Waals surface area contributed by atoms with E-state index in [0.29, 0.717) is 0 Å². The average molecular weight is 448 g/mol. The maximum absolute atomic E-state index is 11.7. The second kappa shape index (κ2) is 8.61. The number of hydrogen-bond donors (Lipinski definition) is 3. The van der Waals surface area contributed by atoms with Crippen molar-refractivity contribution in [2.24, 2.45) is 10.2 Å². The Morgan fingerprint density at radius 2 is 1.52 bits per heavy atom. The van der Waals surface area contributed by atoms with Gasteiger partial charge in [0.2, 0.25) is 5.75 Å². The Morgan fingerprint density at radius 3 is 2.07 bits per heavy atom. The first kappa shape index (κ1) is 23.0. The number of rotatable bonds is 4. The van der Waals surface area contributed by atoms with E-state index in [4.69, 9.17) is 11.6 Å². The van der Waals surface area contributed by atoms with E-state index in [1.54, 1.807) is 0 Å². The molecule has 0 unspecified atom stereocenters. The molecule has 0 heterocycles. The summed E-state index contributed by atoms with van der Waals surface area (Å²) >= 11 is 5.76. The molecule has 0 aliphatic heterocycles. The molecule has 3 N–H and O–H groups in total. The molecule has 3 aromatic carbocycles. The second-order valence-corrected chi connectivity index (χ2v) is 7.34. The molecule has 3 aromatic rings. The number of nitro benzene ring substituents is 1. The van der Waals surface area contributed by atoms with Gasteiger partial charge in [-0.2, -0.15) is 8.42 Å². The van der Waals surface area contributed by atoms with Crippen LogP contribution in [0, 0.1) is 10.1 Å². The summed E-state index contributed by atoms with van der Waals surface area (Å²) in [5, 5.41) is 38.5. The molecule has 0 amide bonds. The van der Waals surface area contributed by atoms with E-state index >= 15 is 0 Å². The van der Waals surface area contributed by atoms with Crippen LogP contribution < -0.4 is 0 Å². The van der Waals surface area contributed by atoms with Crippen LogP contribution in [0.5, 0.6) is 11.5 Å². The van der Waals surface area contributed by atoms with Crippen LogP contribution in [-0.2, 0) is 10.1 Å². The zero-order valence-corrected chi connectivity index (χ0v) is 15.2. The van der Waals surface area contributed by atoms with Crippen molar-refractivity contribution in [2.75, 3.05) is 0 Å². The minimum absolute atomic E-state index is 0. The van der Waals surface area contributed by atoms with Crippen molar-refractivity contribution < 1.29 is 28.1 Å². The van der Waals surface area contributed by atoms with Gasteiger partial charge >= 0.3 is 35.2 Å². The molecule has 146 valence electrons. The Kier molecular flexibility index (Phi) is 6.83. The molecular weight excluding hydrogens is 437 g/mol. The summed E-state index contributed by atoms with van der Waals surface area (Å²) in [5.41, 5.74) is -1.43. The van der Waals surface area contributed by atoms with E-state index in [9.17, 15) is 33.3 Å². The van der Waals surface area contributed by atoms with Crippen molar-refractivity contribution in [2.45, 2.75) is 4.90 Å². The second-order valence-electron chi connectivity index (χ2n) is 5.51. The van der Waals surface area contributed by atoms with Gasteiger partial charge in [0.1, 0.15) is 16.3 Å². The van der Waals surface area contributed by atoms with Gasteiger partial charge in [-0.1, -0.05) is 35.9 Å². The number of phenols is 2. The summed E-state index contributed by atoms with van der Waals surface area (Å²) in [5.74, 6) is -1.25. The molecule has 0 saturated carbocycles. The van der Waals surface area contributed by atoms with Crippen molar-refractivity contribution in [1.29, 1.82) is 0 Å². The van der Waals surface area contributed by atoms with Crippen LogP contribution in [0.1, 0.15) is 0 Å². The number of azo groups is 1. The SMILES string of the molecule is O=[N+]([O-])c1cc(Cl)cc(N=Nc2cc(S(=O)(=O)O)c3ccccc3c2O)c1O.[NaH]. The van der Waals surface area contributed by atoms with Crippen LogP contribution in [0.25, 0.3) is 10.8 Å². The van der Waals surface area contributed by atoms with Gasteiger partial charge in [0.25, 0.3) is 10.1 Å². The standard InChI is InChI=1S/C16H10ClN3O7S.Na.H/c17-8-5-11(16(22)13(6-8)20(23)24)18-19-12-7-14(28(25,26)27)9-3-1-2-4-10(9)15(12)21;;/h1-7,21-22H,(H,25,26,27);;. The molecule has 0 spiro atoms. The van der Waals surface area contributed by atoms with Crippen molar-refractivity contribution in [1.82, 2.24) is 0 Å². The molecule has 0 bridgehead atoms. The third-order valence-corrected chi connectivity index (χ3v) is 4.84. The van der Waals surface area contributed by atoms with Crippen molar-refractivity contribution in [3.8, 4) is 11.5 Å². The summed E-state index contributed by atoms with van der Waals surface area (Å²) in [7, 11) is -4.66. The van der Waals surface area contributed by atoms with Crippen LogP contribution in [0.2, 0.25) is 5.02 Å². The molecule has 0 radical (unpaired) electrons. The summed E-state index contributed by atoms with van der Waals surface area (Å²) in [4.78, 5) is 9.55. The molecule has 0 aromatic heterocycles. The van der Waals surface area contributed by atoms with E-state index in [1.165, 1.54) is 24.3 Å². The Hall–Kier alpha value is -2.28. The fourth-order valence-electron chi connectivity index (χ4n) is 2.50. The molecular formula is C16H11ClN3NaO7S. The van der Waals surface area contributed by atoms with Gasteiger partial charge in [0, 0.05) is 21.9 Å². The number of fused-ring (bicyclic) bond motifs is 1. The van der Waals surface area contributed by atoms with Crippen molar-refractivity contribution in [3.05, 3.63) is 57.6 Å². The monoisotopic (exact) mass is 447 g/mol. The molecule has 3 rings (SSSR count). The van der Waals surface area contributed by atoms with Gasteiger partial charge in [-0.3, -0.25) is 14.7 Å². The quantitative estimate of drug-likeness (QED) is 0.180. The Bertz CT molecular complexity index is 1270. The molecule has 10 nitrogen and oxygen atoms in total. The van der Waals surface area contributed by atoms with E-state index in [0.717, 1.165) is 18.2 Å². The van der Waals surface area contributed by atoms with Crippen molar-refractivity contribution in [3.63, 3.8) is 0 Å². The van der Waals surface area contributed by atoms with E-state index in [-0.39, 0.29) is 56.7 Å². The Labute approximate surface area is 190 Å². The fraction of sp³-hybridized carbons (Fsp3) is 0. The van der Waals surface area contributed by atoms with Crippen LogP contribution >= 0.6 is 11.6 Å². The zero-order chi connectivity index (χ0) is 20.6. The first-order valence-electron chi connectivity index (χ1n) is 7.40. The first-order chi connectivity index (χ1) is 13.1. The van der Waals surface area contributed by atoms with E-state index in [1.807, 2.05) is 0 Å². The molecule has 0 saturated heterocycles. The summed E-state index contributed by atoms with van der Waals surface area (Å²) in [6.45, 7) is 0. The number of hydrogen-bond acceptors (Lipinski definition) is 8. The van der Waals surface area contributed by atoms with Crippen LogP contribution in [0.4, 0.5) is 17.1 Å². The molecule has 0 aliphatic rings. The summed E-state index contributed by atoms with van der Waals surface area (Å²) < 4.78 is 32.8. The number of halogens is 1. The van der Waals surface area contributed by atoms with Crippen LogP contribution in [0.15, 0.2) is 57.6 Å². The average Bonchev–Trinajstić information content (AvgIpc) is 2.62. The summed E-state index contributed by atoms with van der Waals surface area (Å²) in [6.07, 6.45) is 0. The third-order valence-electron chi connectivity index (χ3n) is 3.73. The predicted molar refractivity (Wildman–Crippen MR) is 107 cm³/mol. The number of aromatic hydroxyl groups is 2. The van der Waals surface area contributed by atoms with Gasteiger partial charge in [0.15, 0.2) is 5.75 Å². The molecule has 0 fully saturated rings. The van der Waals surface area contributed by atoms with E-state index in [2.05, 4.69) is 10.2 Å². The molecule has 0 atom stereocenters. The Morgan fingerprint density at radius 1 is 0.966 bits per heavy atom. The Balaban J connectivity index is 0.00000300. The number of phenolic OH excluding ortho intramolecular Hbond substituents is 2. The van der Waals surface area contributed by atoms with E-state index < -0.39 is 37.1 Å². The predicted octanol–water partition coefficient (Wildman–Crippen LogP) is 3.83. The summed E-state index contributed by atoms with van der Waals surface area (Å²) in [6, 6.07) is 8.72. The fourth-order valence-corrected chi connectivity index (χ4v) is 3.42. The molecule has 13 heteroatoms. The first-order valence-corrected chi connectivity index (χ1v) is 9.22. The van der Waals surface area contributed by atoms with Gasteiger partial charge in [-0.25, -0.2) is 0 Å². The van der Waals surface area contributed by atoms with Crippen LogP contribution in [-0.4, -0.2) is 57.7 Å². The van der Waals surface area contributed by atoms with Gasteiger partial charge < -0.3 is 10.2 Å². The van der Waals surface area contributed by atoms with Crippen LogP contribution in [0.3, 0.4) is 0 Å². The topological polar surface area (TPSA) is 163 Å². The normalized spacial score (nSPS) is 11.5. The third kappa shape index (κ3) is 4.66. The number of nitrogens with zero attached hydrogens (tertiary/aromatic N) is 3. The van der Waals surface area contributed by atoms with Gasteiger partial charge in [-0.15, -0.1) is 10.2 Å². The van der Waals surface area contributed by atoms with Crippen molar-refractivity contribution >= 4 is 79.1 Å². The van der Waals surface area contributed by atoms with Gasteiger partial charge in [0.05, 0.1) is 4.92 Å². The number of benzene rings is 3. The maximum atomic E-state index is 11.7. The minimum atomic E-state index is -4.66. The van der Waals surface area contributed by atoms with Gasteiger partial charge in [-0.05, 0) is 12.1 Å². The molecule has 0 aliphatic carbocycles.